The molecule has 16 heavy (non-hydrogen) atoms. The maximum absolute atomic E-state index is 13.3. The minimum Gasteiger partial charge on any atom is -0.311 e. The fourth-order valence-electron chi connectivity index (χ4n) is 1.70. The van der Waals surface area contributed by atoms with Crippen molar-refractivity contribution in [3.63, 3.8) is 0 Å². The number of nitrogens with zero attached hydrogens (tertiary/aromatic N) is 2. The maximum atomic E-state index is 13.3. The van der Waals surface area contributed by atoms with Crippen LogP contribution in [0.25, 0.3) is 0 Å². The lowest BCUT2D eigenvalue weighted by Gasteiger charge is -2.15. The second-order valence-electron chi connectivity index (χ2n) is 3.63. The molecular weight excluding hydrogens is 275 g/mol. The topological polar surface area (TPSA) is 44.1 Å². The minimum absolute atomic E-state index is 0.131. The highest BCUT2D eigenvalue weighted by Crippen LogP contribution is 2.27. The van der Waals surface area contributed by atoms with Gasteiger partial charge < -0.3 is 4.90 Å². The molecule has 5 heteroatoms. The van der Waals surface area contributed by atoms with E-state index >= 15 is 0 Å². The van der Waals surface area contributed by atoms with Crippen molar-refractivity contribution in [3.8, 4) is 6.07 Å². The van der Waals surface area contributed by atoms with Crippen LogP contribution in [0.4, 0.5) is 10.1 Å². The molecule has 1 fully saturated rings. The zero-order valence-electron chi connectivity index (χ0n) is 8.28. The van der Waals surface area contributed by atoms with E-state index in [1.807, 2.05) is 0 Å². The number of halogens is 2. The molecule has 1 aliphatic rings. The van der Waals surface area contributed by atoms with Crippen LogP contribution < -0.4 is 4.90 Å². The van der Waals surface area contributed by atoms with E-state index in [-0.39, 0.29) is 18.2 Å². The van der Waals surface area contributed by atoms with E-state index in [0.717, 1.165) is 0 Å². The largest absolute Gasteiger partial charge is 0.311 e. The average molecular weight is 283 g/mol. The van der Waals surface area contributed by atoms with E-state index < -0.39 is 5.82 Å². The SMILES string of the molecule is N#CC1CC(=O)N(c2ccc(Br)c(F)c2)C1. The molecule has 0 aromatic heterocycles. The van der Waals surface area contributed by atoms with Crippen molar-refractivity contribution in [2.45, 2.75) is 6.42 Å². The van der Waals surface area contributed by atoms with Gasteiger partial charge in [0, 0.05) is 18.7 Å². The van der Waals surface area contributed by atoms with E-state index in [1.54, 1.807) is 12.1 Å². The lowest BCUT2D eigenvalue weighted by molar-refractivity contribution is -0.117. The molecule has 0 radical (unpaired) electrons. The Morgan fingerprint density at radius 3 is 2.88 bits per heavy atom. The summed E-state index contributed by atoms with van der Waals surface area (Å²) in [4.78, 5) is 13.0. The van der Waals surface area contributed by atoms with Crippen molar-refractivity contribution >= 4 is 27.5 Å². The summed E-state index contributed by atoms with van der Waals surface area (Å²) in [5.41, 5.74) is 0.503. The van der Waals surface area contributed by atoms with Gasteiger partial charge in [-0.25, -0.2) is 4.39 Å². The molecule has 0 bridgehead atoms. The molecule has 0 saturated carbocycles. The standard InChI is InChI=1S/C11H8BrFN2O/c12-9-2-1-8(4-10(9)13)15-6-7(5-14)3-11(15)16/h1-2,4,7H,3,6H2. The van der Waals surface area contributed by atoms with Crippen LogP contribution in [0.5, 0.6) is 0 Å². The number of amides is 1. The molecule has 0 spiro atoms. The Bertz CT molecular complexity index is 483. The lowest BCUT2D eigenvalue weighted by atomic mass is 10.1. The summed E-state index contributed by atoms with van der Waals surface area (Å²) in [5, 5.41) is 8.74. The van der Waals surface area contributed by atoms with Gasteiger partial charge in [0.15, 0.2) is 0 Å². The Morgan fingerprint density at radius 2 is 2.31 bits per heavy atom. The highest BCUT2D eigenvalue weighted by Gasteiger charge is 2.30. The van der Waals surface area contributed by atoms with Gasteiger partial charge in [-0.2, -0.15) is 5.26 Å². The number of hydrogen-bond acceptors (Lipinski definition) is 2. The van der Waals surface area contributed by atoms with Crippen molar-refractivity contribution < 1.29 is 9.18 Å². The van der Waals surface area contributed by atoms with Crippen LogP contribution in [-0.4, -0.2) is 12.5 Å². The van der Waals surface area contributed by atoms with Crippen LogP contribution in [0.2, 0.25) is 0 Å². The first-order valence-corrected chi connectivity index (χ1v) is 5.56. The molecule has 1 amide bonds. The number of carbonyl (C=O) groups is 1. The highest BCUT2D eigenvalue weighted by molar-refractivity contribution is 9.10. The van der Waals surface area contributed by atoms with Gasteiger partial charge in [0.05, 0.1) is 16.5 Å². The van der Waals surface area contributed by atoms with Gasteiger partial charge in [0.1, 0.15) is 5.82 Å². The van der Waals surface area contributed by atoms with Gasteiger partial charge in [-0.05, 0) is 34.1 Å². The number of carbonyl (C=O) groups excluding carboxylic acids is 1. The van der Waals surface area contributed by atoms with Gasteiger partial charge >= 0.3 is 0 Å². The van der Waals surface area contributed by atoms with Crippen LogP contribution in [0.1, 0.15) is 6.42 Å². The Kier molecular flexibility index (Phi) is 2.92. The first-order valence-electron chi connectivity index (χ1n) is 4.77. The predicted octanol–water partition coefficient (Wildman–Crippen LogP) is 2.46. The molecule has 1 aromatic rings. The van der Waals surface area contributed by atoms with Crippen molar-refractivity contribution in [2.24, 2.45) is 5.92 Å². The zero-order valence-corrected chi connectivity index (χ0v) is 9.87. The van der Waals surface area contributed by atoms with Crippen LogP contribution in [0.3, 0.4) is 0 Å². The molecular formula is C11H8BrFN2O. The Morgan fingerprint density at radius 1 is 1.56 bits per heavy atom. The molecule has 2 rings (SSSR count). The molecule has 0 N–H and O–H groups in total. The molecule has 1 heterocycles. The minimum atomic E-state index is -0.411. The van der Waals surface area contributed by atoms with Gasteiger partial charge in [0.2, 0.25) is 5.91 Å². The molecule has 1 aromatic carbocycles. The average Bonchev–Trinajstić information content (AvgIpc) is 2.64. The summed E-state index contributed by atoms with van der Waals surface area (Å²) < 4.78 is 13.6. The first-order chi connectivity index (χ1) is 7.61. The van der Waals surface area contributed by atoms with Crippen molar-refractivity contribution in [2.75, 3.05) is 11.4 Å². The van der Waals surface area contributed by atoms with Crippen LogP contribution in [-0.2, 0) is 4.79 Å². The number of benzene rings is 1. The third-order valence-corrected chi connectivity index (χ3v) is 3.17. The number of anilines is 1. The van der Waals surface area contributed by atoms with Gasteiger partial charge in [-0.1, -0.05) is 0 Å². The molecule has 82 valence electrons. The molecule has 3 nitrogen and oxygen atoms in total. The Hall–Kier alpha value is -1.41. The zero-order chi connectivity index (χ0) is 11.7. The summed E-state index contributed by atoms with van der Waals surface area (Å²) in [6, 6.07) is 6.56. The molecule has 0 aliphatic carbocycles. The molecule has 1 saturated heterocycles. The fourth-order valence-corrected chi connectivity index (χ4v) is 1.94. The third kappa shape index (κ3) is 1.93. The second kappa shape index (κ2) is 4.22. The van der Waals surface area contributed by atoms with Gasteiger partial charge in [-0.3, -0.25) is 4.79 Å². The van der Waals surface area contributed by atoms with Crippen molar-refractivity contribution in [3.05, 3.63) is 28.5 Å². The highest BCUT2D eigenvalue weighted by atomic mass is 79.9. The third-order valence-electron chi connectivity index (χ3n) is 2.52. The quantitative estimate of drug-likeness (QED) is 0.794. The molecule has 1 aliphatic heterocycles. The summed E-state index contributed by atoms with van der Waals surface area (Å²) >= 11 is 3.05. The van der Waals surface area contributed by atoms with E-state index in [0.29, 0.717) is 16.7 Å². The number of rotatable bonds is 1. The molecule has 1 atom stereocenters. The van der Waals surface area contributed by atoms with E-state index in [4.69, 9.17) is 5.26 Å². The van der Waals surface area contributed by atoms with Crippen LogP contribution in [0, 0.1) is 23.1 Å². The summed E-state index contributed by atoms with van der Waals surface area (Å²) in [6.45, 7) is 0.344. The second-order valence-corrected chi connectivity index (χ2v) is 4.49. The fraction of sp³-hybridized carbons (Fsp3) is 0.273. The Labute approximate surface area is 101 Å². The van der Waals surface area contributed by atoms with Crippen LogP contribution >= 0.6 is 15.9 Å². The van der Waals surface area contributed by atoms with Gasteiger partial charge in [0.25, 0.3) is 0 Å². The number of nitriles is 1. The predicted molar refractivity (Wildman–Crippen MR) is 60.2 cm³/mol. The number of hydrogen-bond donors (Lipinski definition) is 0. The van der Waals surface area contributed by atoms with Crippen molar-refractivity contribution in [1.82, 2.24) is 0 Å². The van der Waals surface area contributed by atoms with Crippen LogP contribution in [0.15, 0.2) is 22.7 Å². The summed E-state index contributed by atoms with van der Waals surface area (Å²) in [7, 11) is 0. The summed E-state index contributed by atoms with van der Waals surface area (Å²) in [6.07, 6.45) is 0.216. The maximum Gasteiger partial charge on any atom is 0.228 e. The van der Waals surface area contributed by atoms with Gasteiger partial charge in [-0.15, -0.1) is 0 Å². The van der Waals surface area contributed by atoms with E-state index in [1.165, 1.54) is 11.0 Å². The monoisotopic (exact) mass is 282 g/mol. The van der Waals surface area contributed by atoms with E-state index in [2.05, 4.69) is 22.0 Å². The normalized spacial score (nSPS) is 19.9. The van der Waals surface area contributed by atoms with E-state index in [9.17, 15) is 9.18 Å². The lowest BCUT2D eigenvalue weighted by Crippen LogP contribution is -2.24. The first kappa shape index (κ1) is 11.1. The molecule has 1 unspecified atom stereocenters. The smallest absolute Gasteiger partial charge is 0.228 e. The van der Waals surface area contributed by atoms with Crippen molar-refractivity contribution in [1.29, 1.82) is 5.26 Å². The summed E-state index contributed by atoms with van der Waals surface area (Å²) in [5.74, 6) is -0.835. The Balaban J connectivity index is 2.29.